The van der Waals surface area contributed by atoms with E-state index in [9.17, 15) is 9.59 Å². The highest BCUT2D eigenvalue weighted by Gasteiger charge is 2.13. The van der Waals surface area contributed by atoms with Crippen LogP contribution in [0.15, 0.2) is 42.6 Å². The zero-order valence-electron chi connectivity index (χ0n) is 14.6. The Balaban J connectivity index is 1.98. The van der Waals surface area contributed by atoms with E-state index < -0.39 is 0 Å². The van der Waals surface area contributed by atoms with Gasteiger partial charge >= 0.3 is 6.03 Å². The normalized spacial score (nSPS) is 10.0. The smallest absolute Gasteiger partial charge is 0.319 e. The van der Waals surface area contributed by atoms with Gasteiger partial charge in [0, 0.05) is 44.5 Å². The lowest BCUT2D eigenvalue weighted by atomic mass is 10.1. The number of hydrogen-bond acceptors (Lipinski definition) is 4. The number of methoxy groups -OCH3 is 1. The number of anilines is 1. The summed E-state index contributed by atoms with van der Waals surface area (Å²) >= 11 is 0. The van der Waals surface area contributed by atoms with Crippen LogP contribution in [0.2, 0.25) is 0 Å². The Bertz CT molecular complexity index is 732. The topological polar surface area (TPSA) is 83.6 Å². The Morgan fingerprint density at radius 1 is 1.20 bits per heavy atom. The van der Waals surface area contributed by atoms with E-state index in [2.05, 4.69) is 15.6 Å². The summed E-state index contributed by atoms with van der Waals surface area (Å²) in [6.45, 7) is 0.446. The molecule has 7 nitrogen and oxygen atoms in total. The van der Waals surface area contributed by atoms with Crippen molar-refractivity contribution in [2.24, 2.45) is 0 Å². The van der Waals surface area contributed by atoms with Crippen LogP contribution in [0.25, 0.3) is 0 Å². The van der Waals surface area contributed by atoms with Crippen molar-refractivity contribution in [3.8, 4) is 5.75 Å². The molecule has 0 radical (unpaired) electrons. The van der Waals surface area contributed by atoms with Crippen molar-refractivity contribution in [1.29, 1.82) is 0 Å². The van der Waals surface area contributed by atoms with Crippen LogP contribution >= 0.6 is 0 Å². The number of hydrogen-bond donors (Lipinski definition) is 2. The fourth-order valence-corrected chi connectivity index (χ4v) is 2.21. The first-order valence-corrected chi connectivity index (χ1v) is 7.85. The van der Waals surface area contributed by atoms with Gasteiger partial charge in [-0.3, -0.25) is 9.78 Å². The molecule has 2 aromatic rings. The van der Waals surface area contributed by atoms with Crippen LogP contribution in [-0.4, -0.2) is 49.6 Å². The number of nitrogens with one attached hydrogen (secondary N) is 2. The summed E-state index contributed by atoms with van der Waals surface area (Å²) in [5.74, 6) is 0.330. The molecule has 0 fully saturated rings. The first kappa shape index (κ1) is 18.3. The van der Waals surface area contributed by atoms with Crippen LogP contribution in [0.5, 0.6) is 5.75 Å². The lowest BCUT2D eigenvalue weighted by molar-refractivity contribution is 0.0827. The number of pyridine rings is 1. The van der Waals surface area contributed by atoms with E-state index in [1.807, 2.05) is 18.2 Å². The Labute approximate surface area is 147 Å². The largest absolute Gasteiger partial charge is 0.495 e. The minimum absolute atomic E-state index is 0.152. The number of ether oxygens (including phenoxy) is 1. The summed E-state index contributed by atoms with van der Waals surface area (Å²) < 4.78 is 5.24. The monoisotopic (exact) mass is 342 g/mol. The number of aromatic nitrogens is 1. The van der Waals surface area contributed by atoms with Crippen LogP contribution < -0.4 is 15.4 Å². The third-order valence-electron chi connectivity index (χ3n) is 3.49. The fourth-order valence-electron chi connectivity index (χ4n) is 2.21. The highest BCUT2D eigenvalue weighted by Crippen LogP contribution is 2.25. The van der Waals surface area contributed by atoms with Crippen molar-refractivity contribution in [3.63, 3.8) is 0 Å². The van der Waals surface area contributed by atoms with Crippen LogP contribution in [0.3, 0.4) is 0 Å². The SMILES string of the molecule is COc1ccc(C(=O)N(C)C)cc1NC(=O)NCCc1ccccn1. The molecule has 25 heavy (non-hydrogen) atoms. The predicted molar refractivity (Wildman–Crippen MR) is 96.0 cm³/mol. The molecular weight excluding hydrogens is 320 g/mol. The summed E-state index contributed by atoms with van der Waals surface area (Å²) in [5.41, 5.74) is 1.80. The van der Waals surface area contributed by atoms with Gasteiger partial charge in [-0.15, -0.1) is 0 Å². The van der Waals surface area contributed by atoms with E-state index in [1.54, 1.807) is 38.5 Å². The second-order valence-corrected chi connectivity index (χ2v) is 5.57. The van der Waals surface area contributed by atoms with Gasteiger partial charge < -0.3 is 20.3 Å². The zero-order valence-corrected chi connectivity index (χ0v) is 14.6. The second kappa shape index (κ2) is 8.68. The average molecular weight is 342 g/mol. The van der Waals surface area contributed by atoms with E-state index in [1.165, 1.54) is 12.0 Å². The predicted octanol–water partition coefficient (Wildman–Crippen LogP) is 2.16. The van der Waals surface area contributed by atoms with Crippen molar-refractivity contribution in [3.05, 3.63) is 53.9 Å². The maximum atomic E-state index is 12.1. The lowest BCUT2D eigenvalue weighted by Crippen LogP contribution is -2.31. The van der Waals surface area contributed by atoms with E-state index in [-0.39, 0.29) is 11.9 Å². The number of urea groups is 1. The summed E-state index contributed by atoms with van der Waals surface area (Å²) in [7, 11) is 4.85. The first-order valence-electron chi connectivity index (χ1n) is 7.85. The van der Waals surface area contributed by atoms with Crippen molar-refractivity contribution in [2.45, 2.75) is 6.42 Å². The van der Waals surface area contributed by atoms with Gasteiger partial charge in [0.25, 0.3) is 5.91 Å². The molecule has 1 heterocycles. The molecule has 1 aromatic carbocycles. The summed E-state index contributed by atoms with van der Waals surface area (Å²) in [6, 6.07) is 10.2. The van der Waals surface area contributed by atoms with Crippen LogP contribution in [0.1, 0.15) is 16.1 Å². The van der Waals surface area contributed by atoms with Gasteiger partial charge in [0.15, 0.2) is 0 Å². The molecule has 132 valence electrons. The molecule has 0 unspecified atom stereocenters. The van der Waals surface area contributed by atoms with Crippen molar-refractivity contribution in [1.82, 2.24) is 15.2 Å². The molecule has 3 amide bonds. The molecule has 0 spiro atoms. The Kier molecular flexibility index (Phi) is 6.33. The number of rotatable bonds is 6. The maximum Gasteiger partial charge on any atom is 0.319 e. The van der Waals surface area contributed by atoms with Gasteiger partial charge in [0.05, 0.1) is 12.8 Å². The Morgan fingerprint density at radius 3 is 2.64 bits per heavy atom. The zero-order chi connectivity index (χ0) is 18.2. The number of benzene rings is 1. The van der Waals surface area contributed by atoms with E-state index in [0.29, 0.717) is 30.0 Å². The fraction of sp³-hybridized carbons (Fsp3) is 0.278. The van der Waals surface area contributed by atoms with E-state index in [4.69, 9.17) is 4.74 Å². The first-order chi connectivity index (χ1) is 12.0. The van der Waals surface area contributed by atoms with Crippen LogP contribution in [0.4, 0.5) is 10.5 Å². The summed E-state index contributed by atoms with van der Waals surface area (Å²) in [4.78, 5) is 29.8. The molecule has 2 rings (SSSR count). The molecule has 0 bridgehead atoms. The molecule has 0 aliphatic carbocycles. The molecule has 0 aliphatic heterocycles. The van der Waals surface area contributed by atoms with Gasteiger partial charge in [-0.2, -0.15) is 0 Å². The molecule has 1 aromatic heterocycles. The van der Waals surface area contributed by atoms with E-state index in [0.717, 1.165) is 5.69 Å². The van der Waals surface area contributed by atoms with Gasteiger partial charge in [0.2, 0.25) is 0 Å². The molecule has 0 saturated carbocycles. The number of amides is 3. The van der Waals surface area contributed by atoms with Crippen molar-refractivity contribution >= 4 is 17.6 Å². The van der Waals surface area contributed by atoms with E-state index >= 15 is 0 Å². The quantitative estimate of drug-likeness (QED) is 0.843. The van der Waals surface area contributed by atoms with Crippen molar-refractivity contribution in [2.75, 3.05) is 33.1 Å². The minimum Gasteiger partial charge on any atom is -0.495 e. The molecule has 0 saturated heterocycles. The number of nitrogens with zero attached hydrogens (tertiary/aromatic N) is 2. The Hall–Kier alpha value is -3.09. The summed E-state index contributed by atoms with van der Waals surface area (Å²) in [5, 5.41) is 5.48. The van der Waals surface area contributed by atoms with Crippen LogP contribution in [0, 0.1) is 0 Å². The lowest BCUT2D eigenvalue weighted by Gasteiger charge is -2.14. The number of carbonyl (C=O) groups excluding carboxylic acids is 2. The number of carbonyl (C=O) groups is 2. The highest BCUT2D eigenvalue weighted by molar-refractivity contribution is 5.97. The molecule has 2 N–H and O–H groups in total. The van der Waals surface area contributed by atoms with Crippen molar-refractivity contribution < 1.29 is 14.3 Å². The molecular formula is C18H22N4O3. The molecule has 7 heteroatoms. The second-order valence-electron chi connectivity index (χ2n) is 5.57. The van der Waals surface area contributed by atoms with Gasteiger partial charge in [-0.05, 0) is 30.3 Å². The minimum atomic E-state index is -0.372. The molecule has 0 atom stereocenters. The summed E-state index contributed by atoms with van der Waals surface area (Å²) in [6.07, 6.45) is 2.35. The van der Waals surface area contributed by atoms with Gasteiger partial charge in [-0.25, -0.2) is 4.79 Å². The average Bonchev–Trinajstić information content (AvgIpc) is 2.61. The Morgan fingerprint density at radius 2 is 2.00 bits per heavy atom. The highest BCUT2D eigenvalue weighted by atomic mass is 16.5. The molecule has 0 aliphatic rings. The maximum absolute atomic E-state index is 12.1. The third-order valence-corrected chi connectivity index (χ3v) is 3.49. The third kappa shape index (κ3) is 5.20. The van der Waals surface area contributed by atoms with Gasteiger partial charge in [-0.1, -0.05) is 6.07 Å². The van der Waals surface area contributed by atoms with Gasteiger partial charge in [0.1, 0.15) is 5.75 Å². The standard InChI is InChI=1S/C18H22N4O3/c1-22(2)17(23)13-7-8-16(25-3)15(12-13)21-18(24)20-11-9-14-6-4-5-10-19-14/h4-8,10,12H,9,11H2,1-3H3,(H2,20,21,24). The van der Waals surface area contributed by atoms with Crippen LogP contribution in [-0.2, 0) is 6.42 Å².